The van der Waals surface area contributed by atoms with Crippen LogP contribution < -0.4 is 10.2 Å². The van der Waals surface area contributed by atoms with Crippen molar-refractivity contribution in [3.63, 3.8) is 0 Å². The van der Waals surface area contributed by atoms with Crippen LogP contribution >= 0.6 is 0 Å². The second-order valence-electron chi connectivity index (χ2n) is 1.80. The minimum absolute atomic E-state index is 0. The van der Waals surface area contributed by atoms with E-state index >= 15 is 0 Å². The van der Waals surface area contributed by atoms with E-state index in [0.29, 0.717) is 0 Å². The second kappa shape index (κ2) is 17.9. The molecule has 0 fully saturated rings. The number of carboxylic acids is 6. The molecule has 0 rings (SSSR count). The Balaban J connectivity index is -0.0000000536. The maximum absolute atomic E-state index is 9.10. The van der Waals surface area contributed by atoms with E-state index in [-0.39, 0.29) is 62.2 Å². The molecule has 12 nitrogen and oxygen atoms in total. The molecular weight excluding hydrogens is 740 g/mol. The van der Waals surface area contributed by atoms with Crippen LogP contribution in [-0.4, -0.2) is 56.2 Å². The number of carboxylic acid groups (broad SMARTS) is 6. The fourth-order valence-electron chi connectivity index (χ4n) is 0. The Morgan fingerprint density at radius 2 is 0.600 bits per heavy atom. The van der Waals surface area contributed by atoms with Gasteiger partial charge in [-0.1, -0.05) is 0 Å². The van der Waals surface area contributed by atoms with Gasteiger partial charge in [0.15, 0.2) is 0 Å². The zero-order valence-electron chi connectivity index (χ0n) is 9.05. The molecule has 0 saturated heterocycles. The van der Waals surface area contributed by atoms with Crippen LogP contribution in [0.1, 0.15) is 0 Å². The fourth-order valence-corrected chi connectivity index (χ4v) is 0. The molecule has 14 heteroatoms. The maximum Gasteiger partial charge on any atom is 0.414 e. The molecule has 0 aliphatic carbocycles. The summed E-state index contributed by atoms with van der Waals surface area (Å²) in [7, 11) is 0. The van der Waals surface area contributed by atoms with Crippen molar-refractivity contribution >= 4 is 35.8 Å². The van der Waals surface area contributed by atoms with E-state index in [9.17, 15) is 0 Å². The van der Waals surface area contributed by atoms with Gasteiger partial charge < -0.3 is 40.2 Å². The van der Waals surface area contributed by atoms with E-state index in [1.165, 1.54) is 0 Å². The molecule has 0 aromatic rings. The maximum atomic E-state index is 9.10. The Morgan fingerprint density at radius 1 is 0.500 bits per heavy atom. The molecule has 0 heterocycles. The minimum Gasteiger partial charge on any atom is -0.543 e. The van der Waals surface area contributed by atoms with Crippen LogP contribution in [0.3, 0.4) is 0 Å². The average Bonchev–Trinajstić information content (AvgIpc) is 2.18. The molecule has 0 bridgehead atoms. The summed E-state index contributed by atoms with van der Waals surface area (Å²) in [5, 5.41) is 47.4. The first kappa shape index (κ1) is 31.4. The zero-order chi connectivity index (χ0) is 15.5. The molecule has 0 radical (unpaired) electrons. The standard InChI is InChI=1S/3C2H2O4.2U/c3*3-1(4)2(5)6;;/h3*(H,3,4)(H,5,6);;/p-2. The second-order valence-corrected chi connectivity index (χ2v) is 1.80. The zero-order valence-corrected chi connectivity index (χ0v) is 17.4. The molecule has 0 amide bonds. The van der Waals surface area contributed by atoms with Gasteiger partial charge in [0.25, 0.3) is 0 Å². The number of hydrogen-bond donors (Lipinski definition) is 4. The van der Waals surface area contributed by atoms with E-state index in [2.05, 4.69) is 0 Å². The predicted octanol–water partition coefficient (Wildman–Crippen LogP) is -5.20. The predicted molar refractivity (Wildman–Crippen MR) is 40.6 cm³/mol. The third-order valence-electron chi connectivity index (χ3n) is 0.533. The smallest absolute Gasteiger partial charge is 0.414 e. The van der Waals surface area contributed by atoms with Gasteiger partial charge in [-0.3, -0.25) is 0 Å². The van der Waals surface area contributed by atoms with Gasteiger partial charge in [0.05, 0.1) is 11.9 Å². The van der Waals surface area contributed by atoms with Crippen molar-refractivity contribution in [1.29, 1.82) is 0 Å². The Kier molecular flexibility index (Phi) is 28.1. The quantitative estimate of drug-likeness (QED) is 0.171. The summed E-state index contributed by atoms with van der Waals surface area (Å²) in [6.07, 6.45) is 0. The number of rotatable bonds is 0. The van der Waals surface area contributed by atoms with E-state index < -0.39 is 35.8 Å². The van der Waals surface area contributed by atoms with Crippen molar-refractivity contribution in [2.24, 2.45) is 0 Å². The van der Waals surface area contributed by atoms with Crippen LogP contribution in [0.25, 0.3) is 0 Å². The number of hydrogen-bond acceptors (Lipinski definition) is 8. The van der Waals surface area contributed by atoms with Crippen molar-refractivity contribution in [3.05, 3.63) is 0 Å². The molecular formula is C6H4O12U2-2. The van der Waals surface area contributed by atoms with Gasteiger partial charge in [-0.25, -0.2) is 19.2 Å². The minimum atomic E-state index is -2.19. The Bertz CT molecular complexity index is 281. The number of carbonyl (C=O) groups is 6. The molecule has 110 valence electrons. The van der Waals surface area contributed by atoms with Gasteiger partial charge in [-0.2, -0.15) is 0 Å². The first-order valence-electron chi connectivity index (χ1n) is 3.28. The molecule has 20 heavy (non-hydrogen) atoms. The molecule has 4 N–H and O–H groups in total. The third kappa shape index (κ3) is 36.0. The Morgan fingerprint density at radius 3 is 0.600 bits per heavy atom. The van der Waals surface area contributed by atoms with Crippen molar-refractivity contribution in [3.8, 4) is 0 Å². The molecule has 0 aliphatic heterocycles. The topological polar surface area (TPSA) is 229 Å². The molecule has 0 atom stereocenters. The van der Waals surface area contributed by atoms with Gasteiger partial charge in [0.1, 0.15) is 0 Å². The van der Waals surface area contributed by atoms with Crippen LogP contribution in [-0.2, 0) is 28.8 Å². The molecule has 0 unspecified atom stereocenters. The van der Waals surface area contributed by atoms with Crippen LogP contribution in [0.5, 0.6) is 0 Å². The number of aliphatic carboxylic acids is 6. The average molecular weight is 744 g/mol. The summed E-state index contributed by atoms with van der Waals surface area (Å²) in [4.78, 5) is 54.2. The fraction of sp³-hybridized carbons (Fsp3) is 0. The summed E-state index contributed by atoms with van der Waals surface area (Å²) in [6.45, 7) is 0. The molecule has 0 saturated carbocycles. The van der Waals surface area contributed by atoms with Crippen LogP contribution in [0.2, 0.25) is 0 Å². The first-order chi connectivity index (χ1) is 7.93. The number of carbonyl (C=O) groups excluding carboxylic acids is 2. The monoisotopic (exact) mass is 744 g/mol. The Hall–Kier alpha value is -1.08. The molecule has 0 aromatic heterocycles. The van der Waals surface area contributed by atoms with Crippen molar-refractivity contribution in [2.75, 3.05) is 0 Å². The van der Waals surface area contributed by atoms with E-state index in [1.54, 1.807) is 0 Å². The van der Waals surface area contributed by atoms with E-state index in [1.807, 2.05) is 0 Å². The van der Waals surface area contributed by atoms with Crippen LogP contribution in [0.15, 0.2) is 0 Å². The van der Waals surface area contributed by atoms with Crippen molar-refractivity contribution in [1.82, 2.24) is 0 Å². The SMILES string of the molecule is O=C(O)C(=O)O.O=C(O)C(=O)O.O=C([O-])C(=O)[O-].[U].[U]. The van der Waals surface area contributed by atoms with Crippen LogP contribution in [0.4, 0.5) is 0 Å². The summed E-state index contributed by atoms with van der Waals surface area (Å²) in [6, 6.07) is 0. The summed E-state index contributed by atoms with van der Waals surface area (Å²) in [5.74, 6) is -11.7. The summed E-state index contributed by atoms with van der Waals surface area (Å²) in [5.41, 5.74) is 0. The van der Waals surface area contributed by atoms with Crippen molar-refractivity contribution < 1.29 is 122 Å². The Labute approximate surface area is 156 Å². The molecule has 0 spiro atoms. The van der Waals surface area contributed by atoms with Crippen LogP contribution in [0, 0.1) is 62.2 Å². The van der Waals surface area contributed by atoms with Gasteiger partial charge in [-0.05, 0) is 0 Å². The summed E-state index contributed by atoms with van der Waals surface area (Å²) < 4.78 is 0. The largest absolute Gasteiger partial charge is 0.543 e. The van der Waals surface area contributed by atoms with E-state index in [4.69, 9.17) is 59.4 Å². The normalized spacial score (nSPS) is 6.60. The third-order valence-corrected chi connectivity index (χ3v) is 0.533. The van der Waals surface area contributed by atoms with E-state index in [0.717, 1.165) is 0 Å². The molecule has 0 aliphatic rings. The first-order valence-corrected chi connectivity index (χ1v) is 3.28. The van der Waals surface area contributed by atoms with Gasteiger partial charge in [-0.15, -0.1) is 0 Å². The van der Waals surface area contributed by atoms with Crippen molar-refractivity contribution in [2.45, 2.75) is 0 Å². The molecule has 0 aromatic carbocycles. The van der Waals surface area contributed by atoms with Gasteiger partial charge >= 0.3 is 23.9 Å². The van der Waals surface area contributed by atoms with Gasteiger partial charge in [0.2, 0.25) is 0 Å². The summed E-state index contributed by atoms with van der Waals surface area (Å²) >= 11 is 0. The van der Waals surface area contributed by atoms with Gasteiger partial charge in [0, 0.05) is 62.2 Å².